The van der Waals surface area contributed by atoms with Gasteiger partial charge in [-0.3, -0.25) is 0 Å². The lowest BCUT2D eigenvalue weighted by Crippen LogP contribution is -2.29. The van der Waals surface area contributed by atoms with Gasteiger partial charge in [0.2, 0.25) is 11.6 Å². The van der Waals surface area contributed by atoms with E-state index in [2.05, 4.69) is 31.2 Å². The monoisotopic (exact) mass is 418 g/mol. The molecule has 2 atom stereocenters. The number of hydrogen-bond acceptors (Lipinski definition) is 3. The van der Waals surface area contributed by atoms with Crippen LogP contribution in [-0.2, 0) is 11.2 Å². The molecule has 3 nitrogen and oxygen atoms in total. The Kier molecular flexibility index (Phi) is 8.50. The molecule has 0 aromatic heterocycles. The summed E-state index contributed by atoms with van der Waals surface area (Å²) in [5, 5.41) is 0. The lowest BCUT2D eigenvalue weighted by Gasteiger charge is -2.29. The van der Waals surface area contributed by atoms with E-state index >= 15 is 0 Å². The lowest BCUT2D eigenvalue weighted by molar-refractivity contribution is -0.0219. The predicted molar refractivity (Wildman–Crippen MR) is 114 cm³/mol. The Hall–Kier alpha value is -2.14. The van der Waals surface area contributed by atoms with Crippen molar-refractivity contribution >= 4 is 0 Å². The zero-order valence-electron chi connectivity index (χ0n) is 18.0. The Balaban J connectivity index is 1.47. The van der Waals surface area contributed by atoms with Crippen LogP contribution in [0.25, 0.3) is 0 Å². The normalized spacial score (nSPS) is 18.9. The number of aryl methyl sites for hydroxylation is 1. The van der Waals surface area contributed by atoms with Gasteiger partial charge in [0.15, 0.2) is 11.5 Å². The molecule has 1 aliphatic rings. The Morgan fingerprint density at radius 2 is 1.60 bits per heavy atom. The predicted octanol–water partition coefficient (Wildman–Crippen LogP) is 6.44. The van der Waals surface area contributed by atoms with Gasteiger partial charge in [-0.2, -0.15) is 8.78 Å². The van der Waals surface area contributed by atoms with E-state index in [0.29, 0.717) is 19.1 Å². The molecule has 0 amide bonds. The number of benzene rings is 2. The molecule has 1 saturated heterocycles. The first-order chi connectivity index (χ1) is 14.6. The van der Waals surface area contributed by atoms with E-state index in [0.717, 1.165) is 25.7 Å². The molecular weight excluding hydrogens is 386 g/mol. The van der Waals surface area contributed by atoms with Gasteiger partial charge in [0.25, 0.3) is 0 Å². The molecule has 164 valence electrons. The molecule has 0 spiro atoms. The van der Waals surface area contributed by atoms with E-state index < -0.39 is 11.6 Å². The third-order valence-electron chi connectivity index (χ3n) is 5.54. The largest absolute Gasteiger partial charge is 0.490 e. The second kappa shape index (κ2) is 11.3. The summed E-state index contributed by atoms with van der Waals surface area (Å²) in [5.74, 6) is -1.84. The topological polar surface area (TPSA) is 27.7 Å². The third kappa shape index (κ3) is 5.94. The minimum absolute atomic E-state index is 0.0841. The molecule has 5 heteroatoms. The van der Waals surface area contributed by atoms with E-state index in [1.807, 2.05) is 6.92 Å². The van der Waals surface area contributed by atoms with Crippen LogP contribution in [0.1, 0.15) is 63.0 Å². The van der Waals surface area contributed by atoms with E-state index in [1.54, 1.807) is 0 Å². The lowest BCUT2D eigenvalue weighted by atomic mass is 9.90. The summed E-state index contributed by atoms with van der Waals surface area (Å²) in [4.78, 5) is 0. The summed E-state index contributed by atoms with van der Waals surface area (Å²) < 4.78 is 45.0. The van der Waals surface area contributed by atoms with E-state index in [1.165, 1.54) is 36.1 Å². The molecule has 3 rings (SSSR count). The third-order valence-corrected chi connectivity index (χ3v) is 5.54. The van der Waals surface area contributed by atoms with Gasteiger partial charge in [-0.25, -0.2) is 0 Å². The van der Waals surface area contributed by atoms with Gasteiger partial charge in [-0.15, -0.1) is 0 Å². The van der Waals surface area contributed by atoms with Crippen LogP contribution in [0.5, 0.6) is 11.5 Å². The molecule has 2 aromatic carbocycles. The molecule has 0 radical (unpaired) electrons. The highest BCUT2D eigenvalue weighted by Gasteiger charge is 2.24. The van der Waals surface area contributed by atoms with Crippen molar-refractivity contribution in [3.63, 3.8) is 0 Å². The van der Waals surface area contributed by atoms with Crippen LogP contribution >= 0.6 is 0 Å². The Bertz CT molecular complexity index is 784. The van der Waals surface area contributed by atoms with Gasteiger partial charge >= 0.3 is 0 Å². The molecule has 30 heavy (non-hydrogen) atoms. The van der Waals surface area contributed by atoms with Gasteiger partial charge in [-0.1, -0.05) is 44.5 Å². The summed E-state index contributed by atoms with van der Waals surface area (Å²) in [6.07, 6.45) is 5.96. The zero-order chi connectivity index (χ0) is 21.3. The highest BCUT2D eigenvalue weighted by Crippen LogP contribution is 2.31. The maximum atomic E-state index is 14.2. The molecular formula is C25H32F2O3. The number of ether oxygens (including phenoxy) is 3. The van der Waals surface area contributed by atoms with Crippen molar-refractivity contribution in [3.05, 3.63) is 59.2 Å². The number of halogens is 2. The summed E-state index contributed by atoms with van der Waals surface area (Å²) in [5.41, 5.74) is 2.68. The van der Waals surface area contributed by atoms with Crippen molar-refractivity contribution in [2.75, 3.05) is 19.8 Å². The first-order valence-electron chi connectivity index (χ1n) is 11.1. The zero-order valence-corrected chi connectivity index (χ0v) is 18.0. The maximum absolute atomic E-state index is 14.2. The van der Waals surface area contributed by atoms with Crippen molar-refractivity contribution in [2.24, 2.45) is 0 Å². The van der Waals surface area contributed by atoms with Crippen molar-refractivity contribution in [2.45, 2.75) is 64.4 Å². The van der Waals surface area contributed by atoms with Crippen molar-refractivity contribution in [1.29, 1.82) is 0 Å². The molecule has 0 aliphatic carbocycles. The Morgan fingerprint density at radius 1 is 0.900 bits per heavy atom. The second-order valence-corrected chi connectivity index (χ2v) is 7.92. The minimum Gasteiger partial charge on any atom is -0.490 e. The van der Waals surface area contributed by atoms with Crippen LogP contribution in [0.15, 0.2) is 36.4 Å². The average molecular weight is 419 g/mol. The standard InChI is InChI=1S/C25H32F2O3/c1-3-5-6-18-7-9-19(10-8-18)20-11-12-21(29-16-20)17-30-23-14-13-22(28-15-4-2)24(26)25(23)27/h7-10,13-14,20-21H,3-6,11-12,15-17H2,1-2H3. The average Bonchev–Trinajstić information content (AvgIpc) is 2.79. The quantitative estimate of drug-likeness (QED) is 0.444. The maximum Gasteiger partial charge on any atom is 0.204 e. The molecule has 2 unspecified atom stereocenters. The summed E-state index contributed by atoms with van der Waals surface area (Å²) in [6, 6.07) is 11.7. The van der Waals surface area contributed by atoms with Crippen molar-refractivity contribution in [1.82, 2.24) is 0 Å². The van der Waals surface area contributed by atoms with Crippen LogP contribution in [-0.4, -0.2) is 25.9 Å². The van der Waals surface area contributed by atoms with E-state index in [-0.39, 0.29) is 24.2 Å². The van der Waals surface area contributed by atoms with Crippen LogP contribution in [0, 0.1) is 11.6 Å². The number of rotatable bonds is 10. The Labute approximate surface area is 178 Å². The fourth-order valence-corrected chi connectivity index (χ4v) is 3.67. The molecule has 2 aromatic rings. The van der Waals surface area contributed by atoms with Gasteiger partial charge < -0.3 is 14.2 Å². The van der Waals surface area contributed by atoms with E-state index in [4.69, 9.17) is 14.2 Å². The van der Waals surface area contributed by atoms with Crippen LogP contribution < -0.4 is 9.47 Å². The number of hydrogen-bond donors (Lipinski definition) is 0. The fraction of sp³-hybridized carbons (Fsp3) is 0.520. The molecule has 1 fully saturated rings. The van der Waals surface area contributed by atoms with Gasteiger partial charge in [-0.05, 0) is 55.4 Å². The second-order valence-electron chi connectivity index (χ2n) is 7.92. The first-order valence-corrected chi connectivity index (χ1v) is 11.1. The highest BCUT2D eigenvalue weighted by atomic mass is 19.2. The smallest absolute Gasteiger partial charge is 0.204 e. The first kappa shape index (κ1) is 22.5. The van der Waals surface area contributed by atoms with Crippen LogP contribution in [0.2, 0.25) is 0 Å². The molecule has 0 N–H and O–H groups in total. The highest BCUT2D eigenvalue weighted by molar-refractivity contribution is 5.35. The van der Waals surface area contributed by atoms with E-state index in [9.17, 15) is 8.78 Å². The SMILES string of the molecule is CCCCc1ccc(C2CCC(COc3ccc(OCCC)c(F)c3F)OC2)cc1. The molecule has 1 heterocycles. The Morgan fingerprint density at radius 3 is 2.20 bits per heavy atom. The molecule has 1 aliphatic heterocycles. The van der Waals surface area contributed by atoms with Gasteiger partial charge in [0.1, 0.15) is 6.61 Å². The summed E-state index contributed by atoms with van der Waals surface area (Å²) in [7, 11) is 0. The van der Waals surface area contributed by atoms with Crippen LogP contribution in [0.3, 0.4) is 0 Å². The van der Waals surface area contributed by atoms with Gasteiger partial charge in [0.05, 0.1) is 19.3 Å². The van der Waals surface area contributed by atoms with Crippen molar-refractivity contribution < 1.29 is 23.0 Å². The molecule has 0 bridgehead atoms. The fourth-order valence-electron chi connectivity index (χ4n) is 3.67. The minimum atomic E-state index is -1.01. The summed E-state index contributed by atoms with van der Waals surface area (Å²) >= 11 is 0. The number of unbranched alkanes of at least 4 members (excludes halogenated alkanes) is 1. The summed E-state index contributed by atoms with van der Waals surface area (Å²) in [6.45, 7) is 5.27. The van der Waals surface area contributed by atoms with Gasteiger partial charge in [0, 0.05) is 5.92 Å². The van der Waals surface area contributed by atoms with Crippen molar-refractivity contribution in [3.8, 4) is 11.5 Å². The molecule has 0 saturated carbocycles. The van der Waals surface area contributed by atoms with Crippen LogP contribution in [0.4, 0.5) is 8.78 Å².